The number of amides is 1. The normalized spacial score (nSPS) is 14.4. The smallest absolute Gasteiger partial charge is 0.258 e. The zero-order valence-electron chi connectivity index (χ0n) is 12.9. The Balaban J connectivity index is 1.46. The van der Waals surface area contributed by atoms with Crippen molar-refractivity contribution in [3.63, 3.8) is 0 Å². The first-order valence-corrected chi connectivity index (χ1v) is 7.91. The molecule has 0 bridgehead atoms. The maximum absolute atomic E-state index is 11.8. The topological polar surface area (TPSA) is 60.5 Å². The lowest BCUT2D eigenvalue weighted by molar-refractivity contribution is -0.123. The average molecular weight is 312 g/mol. The molecule has 5 heteroatoms. The summed E-state index contributed by atoms with van der Waals surface area (Å²) in [6.45, 7) is 0.0386. The maximum atomic E-state index is 11.8. The fraction of sp³-hybridized carbons (Fsp3) is 0.333. The predicted molar refractivity (Wildman–Crippen MR) is 86.6 cm³/mol. The van der Waals surface area contributed by atoms with Crippen LogP contribution in [0.25, 0.3) is 0 Å². The molecule has 5 nitrogen and oxygen atoms in total. The summed E-state index contributed by atoms with van der Waals surface area (Å²) in [5.41, 5.74) is 0. The average Bonchev–Trinajstić information content (AvgIpc) is 3.08. The molecular weight excluding hydrogens is 292 g/mol. The molecular formula is C18H20N2O3. The number of rotatable bonds is 6. The van der Waals surface area contributed by atoms with E-state index in [1.54, 1.807) is 36.5 Å². The van der Waals surface area contributed by atoms with E-state index >= 15 is 0 Å². The van der Waals surface area contributed by atoms with Gasteiger partial charge in [0, 0.05) is 18.3 Å². The summed E-state index contributed by atoms with van der Waals surface area (Å²) in [6.07, 6.45) is 6.22. The molecule has 1 heterocycles. The zero-order chi connectivity index (χ0) is 15.9. The highest BCUT2D eigenvalue weighted by Gasteiger charge is 2.17. The molecule has 2 aromatic rings. The van der Waals surface area contributed by atoms with Crippen LogP contribution >= 0.6 is 0 Å². The first-order valence-electron chi connectivity index (χ1n) is 7.91. The SMILES string of the molecule is O=C(COc1ccc(Oc2ccccn2)cc1)NC1CCCC1. The third kappa shape index (κ3) is 4.71. The lowest BCUT2D eigenvalue weighted by atomic mass is 10.2. The maximum Gasteiger partial charge on any atom is 0.258 e. The van der Waals surface area contributed by atoms with E-state index in [1.165, 1.54) is 12.8 Å². The predicted octanol–water partition coefficient (Wildman–Crippen LogP) is 3.31. The van der Waals surface area contributed by atoms with Crippen LogP contribution in [0.5, 0.6) is 17.4 Å². The molecule has 1 amide bonds. The molecule has 0 saturated heterocycles. The van der Waals surface area contributed by atoms with E-state index in [0.717, 1.165) is 12.8 Å². The summed E-state index contributed by atoms with van der Waals surface area (Å²) in [7, 11) is 0. The number of hydrogen-bond donors (Lipinski definition) is 1. The Morgan fingerprint density at radius 2 is 1.83 bits per heavy atom. The van der Waals surface area contributed by atoms with Crippen LogP contribution in [0.15, 0.2) is 48.7 Å². The molecule has 1 aromatic carbocycles. The van der Waals surface area contributed by atoms with Crippen LogP contribution in [-0.4, -0.2) is 23.5 Å². The van der Waals surface area contributed by atoms with Gasteiger partial charge in [-0.3, -0.25) is 4.79 Å². The largest absolute Gasteiger partial charge is 0.484 e. The minimum atomic E-state index is -0.0642. The molecule has 1 aliphatic rings. The third-order valence-corrected chi connectivity index (χ3v) is 3.77. The van der Waals surface area contributed by atoms with Crippen LogP contribution in [0.4, 0.5) is 0 Å². The first-order chi connectivity index (χ1) is 11.3. The highest BCUT2D eigenvalue weighted by molar-refractivity contribution is 5.77. The Bertz CT molecular complexity index is 622. The van der Waals surface area contributed by atoms with Crippen molar-refractivity contribution in [1.82, 2.24) is 10.3 Å². The highest BCUT2D eigenvalue weighted by Crippen LogP contribution is 2.22. The van der Waals surface area contributed by atoms with E-state index in [2.05, 4.69) is 10.3 Å². The molecule has 1 fully saturated rings. The van der Waals surface area contributed by atoms with Gasteiger partial charge in [-0.1, -0.05) is 18.9 Å². The van der Waals surface area contributed by atoms with Crippen molar-refractivity contribution in [2.24, 2.45) is 0 Å². The van der Waals surface area contributed by atoms with Crippen LogP contribution in [0.2, 0.25) is 0 Å². The van der Waals surface area contributed by atoms with E-state index in [-0.39, 0.29) is 12.5 Å². The zero-order valence-corrected chi connectivity index (χ0v) is 12.9. The molecule has 0 atom stereocenters. The Labute approximate surface area is 135 Å². The van der Waals surface area contributed by atoms with E-state index in [9.17, 15) is 4.79 Å². The van der Waals surface area contributed by atoms with Crippen LogP contribution in [-0.2, 0) is 4.79 Å². The number of nitrogens with zero attached hydrogens (tertiary/aromatic N) is 1. The number of carbonyl (C=O) groups excluding carboxylic acids is 1. The lowest BCUT2D eigenvalue weighted by Gasteiger charge is -2.12. The number of aromatic nitrogens is 1. The van der Waals surface area contributed by atoms with Gasteiger partial charge < -0.3 is 14.8 Å². The van der Waals surface area contributed by atoms with Gasteiger partial charge in [-0.05, 0) is 43.2 Å². The molecule has 23 heavy (non-hydrogen) atoms. The van der Waals surface area contributed by atoms with Gasteiger partial charge in [-0.25, -0.2) is 4.98 Å². The number of benzene rings is 1. The summed E-state index contributed by atoms with van der Waals surface area (Å²) < 4.78 is 11.1. The van der Waals surface area contributed by atoms with E-state index < -0.39 is 0 Å². The summed E-state index contributed by atoms with van der Waals surface area (Å²) >= 11 is 0. The molecule has 1 saturated carbocycles. The number of ether oxygens (including phenoxy) is 2. The van der Waals surface area contributed by atoms with Crippen molar-refractivity contribution < 1.29 is 14.3 Å². The van der Waals surface area contributed by atoms with E-state index in [0.29, 0.717) is 23.4 Å². The van der Waals surface area contributed by atoms with Crippen LogP contribution in [0.1, 0.15) is 25.7 Å². The van der Waals surface area contributed by atoms with Crippen molar-refractivity contribution in [2.75, 3.05) is 6.61 Å². The first kappa shape index (κ1) is 15.3. The van der Waals surface area contributed by atoms with Crippen molar-refractivity contribution >= 4 is 5.91 Å². The molecule has 3 rings (SSSR count). The van der Waals surface area contributed by atoms with Gasteiger partial charge in [0.2, 0.25) is 5.88 Å². The Morgan fingerprint density at radius 3 is 2.52 bits per heavy atom. The van der Waals surface area contributed by atoms with Gasteiger partial charge in [0.05, 0.1) is 0 Å². The van der Waals surface area contributed by atoms with Crippen LogP contribution < -0.4 is 14.8 Å². The van der Waals surface area contributed by atoms with Crippen molar-refractivity contribution in [3.8, 4) is 17.4 Å². The van der Waals surface area contributed by atoms with Crippen LogP contribution in [0, 0.1) is 0 Å². The standard InChI is InChI=1S/C18H20N2O3/c21-17(20-14-5-1-2-6-14)13-22-15-8-10-16(11-9-15)23-18-7-3-4-12-19-18/h3-4,7-12,14H,1-2,5-6,13H2,(H,20,21). The third-order valence-electron chi connectivity index (χ3n) is 3.77. The molecule has 120 valence electrons. The second-order valence-electron chi connectivity index (χ2n) is 5.58. The number of carbonyl (C=O) groups is 1. The lowest BCUT2D eigenvalue weighted by Crippen LogP contribution is -2.36. The van der Waals surface area contributed by atoms with Crippen molar-refractivity contribution in [3.05, 3.63) is 48.7 Å². The number of nitrogens with one attached hydrogen (secondary N) is 1. The summed E-state index contributed by atoms with van der Waals surface area (Å²) in [5, 5.41) is 3.00. The quantitative estimate of drug-likeness (QED) is 0.889. The molecule has 1 aromatic heterocycles. The second-order valence-corrected chi connectivity index (χ2v) is 5.58. The van der Waals surface area contributed by atoms with E-state index in [4.69, 9.17) is 9.47 Å². The molecule has 0 spiro atoms. The molecule has 1 aliphatic carbocycles. The highest BCUT2D eigenvalue weighted by atomic mass is 16.5. The molecule has 0 aliphatic heterocycles. The minimum Gasteiger partial charge on any atom is -0.484 e. The molecule has 1 N–H and O–H groups in total. The van der Waals surface area contributed by atoms with Gasteiger partial charge in [0.15, 0.2) is 6.61 Å². The van der Waals surface area contributed by atoms with Crippen LogP contribution in [0.3, 0.4) is 0 Å². The summed E-state index contributed by atoms with van der Waals surface area (Å²) in [5.74, 6) is 1.79. The Morgan fingerprint density at radius 1 is 1.09 bits per heavy atom. The Hall–Kier alpha value is -2.56. The van der Waals surface area contributed by atoms with Gasteiger partial charge in [-0.15, -0.1) is 0 Å². The second kappa shape index (κ2) is 7.63. The van der Waals surface area contributed by atoms with Gasteiger partial charge in [-0.2, -0.15) is 0 Å². The summed E-state index contributed by atoms with van der Waals surface area (Å²) in [6, 6.07) is 12.9. The van der Waals surface area contributed by atoms with E-state index in [1.807, 2.05) is 12.1 Å². The number of pyridine rings is 1. The van der Waals surface area contributed by atoms with Gasteiger partial charge in [0.1, 0.15) is 11.5 Å². The fourth-order valence-corrected chi connectivity index (χ4v) is 2.62. The summed E-state index contributed by atoms with van der Waals surface area (Å²) in [4.78, 5) is 15.9. The molecule has 0 unspecified atom stereocenters. The van der Waals surface area contributed by atoms with Crippen molar-refractivity contribution in [2.45, 2.75) is 31.7 Å². The van der Waals surface area contributed by atoms with Crippen molar-refractivity contribution in [1.29, 1.82) is 0 Å². The molecule has 0 radical (unpaired) electrons. The van der Waals surface area contributed by atoms with Gasteiger partial charge in [0.25, 0.3) is 5.91 Å². The minimum absolute atomic E-state index is 0.0386. The fourth-order valence-electron chi connectivity index (χ4n) is 2.62. The Kier molecular flexibility index (Phi) is 5.09. The monoisotopic (exact) mass is 312 g/mol. The van der Waals surface area contributed by atoms with Gasteiger partial charge >= 0.3 is 0 Å². The number of hydrogen-bond acceptors (Lipinski definition) is 4.